The van der Waals surface area contributed by atoms with Crippen LogP contribution in [0.15, 0.2) is 18.2 Å². The van der Waals surface area contributed by atoms with Crippen LogP contribution in [0.25, 0.3) is 0 Å². The lowest BCUT2D eigenvalue weighted by Crippen LogP contribution is -2.41. The summed E-state index contributed by atoms with van der Waals surface area (Å²) in [6.07, 6.45) is 1.70. The Bertz CT molecular complexity index is 488. The fourth-order valence-electron chi connectivity index (χ4n) is 3.19. The second-order valence-corrected chi connectivity index (χ2v) is 6.10. The van der Waals surface area contributed by atoms with Crippen LogP contribution in [0.3, 0.4) is 0 Å². The molecule has 3 rings (SSSR count). The molecular weight excluding hydrogens is 283 g/mol. The van der Waals surface area contributed by atoms with Gasteiger partial charge in [0.15, 0.2) is 0 Å². The van der Waals surface area contributed by atoms with Gasteiger partial charge in [0, 0.05) is 24.7 Å². The van der Waals surface area contributed by atoms with Gasteiger partial charge in [-0.1, -0.05) is 17.7 Å². The predicted molar refractivity (Wildman–Crippen MR) is 73.2 cm³/mol. The summed E-state index contributed by atoms with van der Waals surface area (Å²) in [5.41, 5.74) is 0.338. The summed E-state index contributed by atoms with van der Waals surface area (Å²) < 4.78 is 24.4. The van der Waals surface area contributed by atoms with Crippen LogP contribution in [0.4, 0.5) is 4.39 Å². The van der Waals surface area contributed by atoms with Gasteiger partial charge in [0.25, 0.3) is 0 Å². The van der Waals surface area contributed by atoms with E-state index in [2.05, 4.69) is 0 Å². The van der Waals surface area contributed by atoms with Crippen LogP contribution in [0.1, 0.15) is 30.9 Å². The third kappa shape index (κ3) is 2.70. The number of aliphatic hydroxyl groups is 1. The molecule has 0 bridgehead atoms. The minimum absolute atomic E-state index is 0.0633. The molecule has 0 aliphatic carbocycles. The Hall–Kier alpha value is -0.680. The summed E-state index contributed by atoms with van der Waals surface area (Å²) in [5, 5.41) is 10.8. The number of aliphatic hydroxyl groups excluding tert-OH is 1. The molecule has 20 heavy (non-hydrogen) atoms. The van der Waals surface area contributed by atoms with E-state index in [1.54, 1.807) is 6.07 Å². The number of benzene rings is 1. The van der Waals surface area contributed by atoms with Crippen molar-refractivity contribution in [2.45, 2.75) is 31.0 Å². The van der Waals surface area contributed by atoms with Crippen LogP contribution in [0.5, 0.6) is 0 Å². The molecule has 2 saturated heterocycles. The first-order valence-electron chi connectivity index (χ1n) is 6.94. The van der Waals surface area contributed by atoms with Crippen LogP contribution in [-0.4, -0.2) is 30.5 Å². The van der Waals surface area contributed by atoms with Gasteiger partial charge in [-0.3, -0.25) is 0 Å². The molecular formula is C15H18ClFO3. The summed E-state index contributed by atoms with van der Waals surface area (Å²) in [4.78, 5) is 0. The van der Waals surface area contributed by atoms with E-state index in [1.165, 1.54) is 12.1 Å². The zero-order valence-electron chi connectivity index (χ0n) is 11.1. The molecule has 1 aromatic carbocycles. The van der Waals surface area contributed by atoms with Crippen molar-refractivity contribution in [1.82, 2.24) is 0 Å². The number of hydrogen-bond donors (Lipinski definition) is 1. The Morgan fingerprint density at radius 2 is 2.25 bits per heavy atom. The molecule has 0 saturated carbocycles. The Morgan fingerprint density at radius 1 is 1.40 bits per heavy atom. The highest BCUT2D eigenvalue weighted by Gasteiger charge is 2.43. The maximum absolute atomic E-state index is 13.1. The van der Waals surface area contributed by atoms with Crippen molar-refractivity contribution in [3.05, 3.63) is 34.6 Å². The molecule has 1 N–H and O–H groups in total. The standard InChI is InChI=1S/C15H18ClFO3/c16-13-7-11(17)1-2-12(13)14(18)10-3-5-20-15(8-10)4-6-19-9-15/h1-2,7,10,14,18H,3-6,8-9H2. The maximum Gasteiger partial charge on any atom is 0.124 e. The average molecular weight is 301 g/mol. The van der Waals surface area contributed by atoms with Crippen molar-refractivity contribution >= 4 is 11.6 Å². The number of rotatable bonds is 2. The largest absolute Gasteiger partial charge is 0.388 e. The van der Waals surface area contributed by atoms with Crippen LogP contribution in [0, 0.1) is 11.7 Å². The van der Waals surface area contributed by atoms with Gasteiger partial charge in [0.1, 0.15) is 5.82 Å². The van der Waals surface area contributed by atoms with Crippen LogP contribution < -0.4 is 0 Å². The smallest absolute Gasteiger partial charge is 0.124 e. The van der Waals surface area contributed by atoms with E-state index in [4.69, 9.17) is 21.1 Å². The zero-order chi connectivity index (χ0) is 14.2. The minimum atomic E-state index is -0.690. The molecule has 0 aromatic heterocycles. The first-order valence-corrected chi connectivity index (χ1v) is 7.32. The van der Waals surface area contributed by atoms with Crippen molar-refractivity contribution in [3.8, 4) is 0 Å². The molecule has 3 nitrogen and oxygen atoms in total. The molecule has 110 valence electrons. The highest BCUT2D eigenvalue weighted by Crippen LogP contribution is 2.42. The van der Waals surface area contributed by atoms with Crippen molar-refractivity contribution < 1.29 is 19.0 Å². The molecule has 2 fully saturated rings. The Kier molecular flexibility index (Phi) is 4.00. The topological polar surface area (TPSA) is 38.7 Å². The number of halogens is 2. The minimum Gasteiger partial charge on any atom is -0.388 e. The van der Waals surface area contributed by atoms with Crippen molar-refractivity contribution in [2.75, 3.05) is 19.8 Å². The van der Waals surface area contributed by atoms with Gasteiger partial charge in [0.2, 0.25) is 0 Å². The highest BCUT2D eigenvalue weighted by molar-refractivity contribution is 6.31. The third-order valence-corrected chi connectivity index (χ3v) is 4.65. The van der Waals surface area contributed by atoms with Crippen molar-refractivity contribution in [1.29, 1.82) is 0 Å². The van der Waals surface area contributed by atoms with Gasteiger partial charge < -0.3 is 14.6 Å². The molecule has 2 aliphatic rings. The first-order chi connectivity index (χ1) is 9.60. The summed E-state index contributed by atoms with van der Waals surface area (Å²) in [5.74, 6) is -0.327. The molecule has 2 aliphatic heterocycles. The molecule has 0 amide bonds. The van der Waals surface area contributed by atoms with Gasteiger partial charge in [-0.15, -0.1) is 0 Å². The zero-order valence-corrected chi connectivity index (χ0v) is 11.9. The lowest BCUT2D eigenvalue weighted by atomic mass is 9.80. The summed E-state index contributed by atoms with van der Waals surface area (Å²) >= 11 is 6.04. The summed E-state index contributed by atoms with van der Waals surface area (Å²) in [7, 11) is 0. The average Bonchev–Trinajstić information content (AvgIpc) is 2.86. The summed E-state index contributed by atoms with van der Waals surface area (Å²) in [6.45, 7) is 1.91. The first kappa shape index (κ1) is 14.3. The van der Waals surface area contributed by atoms with Crippen LogP contribution in [-0.2, 0) is 9.47 Å². The molecule has 5 heteroatoms. The predicted octanol–water partition coefficient (Wildman–Crippen LogP) is 3.10. The SMILES string of the molecule is OC(c1ccc(F)cc1Cl)C1CCOC2(CCOC2)C1. The van der Waals surface area contributed by atoms with Gasteiger partial charge >= 0.3 is 0 Å². The van der Waals surface area contributed by atoms with Gasteiger partial charge in [-0.25, -0.2) is 4.39 Å². The fourth-order valence-corrected chi connectivity index (χ4v) is 3.47. The second kappa shape index (κ2) is 5.60. The van der Waals surface area contributed by atoms with Gasteiger partial charge in [-0.05, 0) is 36.5 Å². The second-order valence-electron chi connectivity index (χ2n) is 5.70. The highest BCUT2D eigenvalue weighted by atomic mass is 35.5. The number of hydrogen-bond acceptors (Lipinski definition) is 3. The van der Waals surface area contributed by atoms with E-state index in [9.17, 15) is 9.50 Å². The Morgan fingerprint density at radius 3 is 2.95 bits per heavy atom. The normalized spacial score (nSPS) is 31.6. The molecule has 2 heterocycles. The third-order valence-electron chi connectivity index (χ3n) is 4.33. The number of ether oxygens (including phenoxy) is 2. The lowest BCUT2D eigenvalue weighted by molar-refractivity contribution is -0.117. The monoisotopic (exact) mass is 300 g/mol. The lowest BCUT2D eigenvalue weighted by Gasteiger charge is -2.39. The Labute approximate surface area is 122 Å². The van der Waals surface area contributed by atoms with Crippen LogP contribution >= 0.6 is 11.6 Å². The van der Waals surface area contributed by atoms with E-state index >= 15 is 0 Å². The summed E-state index contributed by atoms with van der Waals surface area (Å²) in [6, 6.07) is 4.14. The van der Waals surface area contributed by atoms with E-state index in [0.29, 0.717) is 25.4 Å². The molecule has 1 aromatic rings. The van der Waals surface area contributed by atoms with E-state index in [-0.39, 0.29) is 16.5 Å². The molecule has 1 spiro atoms. The van der Waals surface area contributed by atoms with Gasteiger partial charge in [-0.2, -0.15) is 0 Å². The van der Waals surface area contributed by atoms with Crippen molar-refractivity contribution in [2.24, 2.45) is 5.92 Å². The molecule has 0 radical (unpaired) electrons. The molecule has 3 unspecified atom stereocenters. The van der Waals surface area contributed by atoms with Crippen molar-refractivity contribution in [3.63, 3.8) is 0 Å². The van der Waals surface area contributed by atoms with E-state index in [0.717, 1.165) is 19.3 Å². The van der Waals surface area contributed by atoms with Crippen LogP contribution in [0.2, 0.25) is 5.02 Å². The maximum atomic E-state index is 13.1. The molecule has 3 atom stereocenters. The van der Waals surface area contributed by atoms with Gasteiger partial charge in [0.05, 0.1) is 18.3 Å². The quantitative estimate of drug-likeness (QED) is 0.912. The van der Waals surface area contributed by atoms with E-state index < -0.39 is 11.9 Å². The fraction of sp³-hybridized carbons (Fsp3) is 0.600. The van der Waals surface area contributed by atoms with E-state index in [1.807, 2.05) is 0 Å². The Balaban J connectivity index is 1.77.